The van der Waals surface area contributed by atoms with Crippen molar-refractivity contribution in [1.82, 2.24) is 14.7 Å². The summed E-state index contributed by atoms with van der Waals surface area (Å²) < 4.78 is 1.80. The highest BCUT2D eigenvalue weighted by Crippen LogP contribution is 2.10. The first kappa shape index (κ1) is 13.3. The van der Waals surface area contributed by atoms with Crippen molar-refractivity contribution in [3.8, 4) is 5.69 Å². The Kier molecular flexibility index (Phi) is 4.00. The number of carbonyl (C=O) groups is 1. The average molecular weight is 257 g/mol. The van der Waals surface area contributed by atoms with Crippen LogP contribution < -0.4 is 0 Å². The van der Waals surface area contributed by atoms with Crippen molar-refractivity contribution >= 4 is 5.91 Å². The van der Waals surface area contributed by atoms with E-state index in [0.717, 1.165) is 11.3 Å². The third-order valence-electron chi connectivity index (χ3n) is 3.23. The Bertz CT molecular complexity index is 529. The summed E-state index contributed by atoms with van der Waals surface area (Å²) in [5.74, 6) is 0.141. The molecule has 1 aromatic carbocycles. The molecular formula is C15H19N3O. The van der Waals surface area contributed by atoms with E-state index in [0.29, 0.717) is 6.42 Å². The second-order valence-corrected chi connectivity index (χ2v) is 4.89. The van der Waals surface area contributed by atoms with Gasteiger partial charge in [0.15, 0.2) is 0 Å². The Labute approximate surface area is 113 Å². The number of hydrogen-bond acceptors (Lipinski definition) is 2. The fraction of sp³-hybridized carbons (Fsp3) is 0.333. The normalized spacial score (nSPS) is 10.7. The number of aromatic nitrogens is 2. The summed E-state index contributed by atoms with van der Waals surface area (Å²) in [6.45, 7) is 4.03. The maximum Gasteiger partial charge on any atom is 0.226 e. The lowest BCUT2D eigenvalue weighted by molar-refractivity contribution is -0.130. The minimum atomic E-state index is 0.141. The van der Waals surface area contributed by atoms with Gasteiger partial charge in [0, 0.05) is 25.5 Å². The van der Waals surface area contributed by atoms with Crippen LogP contribution in [0.1, 0.15) is 19.4 Å². The number of benzene rings is 1. The van der Waals surface area contributed by atoms with Gasteiger partial charge in [-0.05, 0) is 37.6 Å². The molecule has 0 saturated heterocycles. The number of nitrogens with zero attached hydrogens (tertiary/aromatic N) is 3. The Morgan fingerprint density at radius 3 is 2.53 bits per heavy atom. The molecule has 100 valence electrons. The summed E-state index contributed by atoms with van der Waals surface area (Å²) >= 11 is 0. The first-order valence-corrected chi connectivity index (χ1v) is 6.42. The van der Waals surface area contributed by atoms with E-state index < -0.39 is 0 Å². The van der Waals surface area contributed by atoms with E-state index in [4.69, 9.17) is 0 Å². The molecule has 1 heterocycles. The zero-order valence-corrected chi connectivity index (χ0v) is 11.6. The molecule has 2 aromatic rings. The van der Waals surface area contributed by atoms with E-state index in [2.05, 4.69) is 5.10 Å². The van der Waals surface area contributed by atoms with Crippen LogP contribution in [0.15, 0.2) is 42.7 Å². The van der Waals surface area contributed by atoms with Gasteiger partial charge >= 0.3 is 0 Å². The van der Waals surface area contributed by atoms with E-state index >= 15 is 0 Å². The van der Waals surface area contributed by atoms with Crippen LogP contribution in [0.3, 0.4) is 0 Å². The molecule has 2 rings (SSSR count). The van der Waals surface area contributed by atoms with Gasteiger partial charge in [-0.1, -0.05) is 12.1 Å². The molecular weight excluding hydrogens is 238 g/mol. The maximum absolute atomic E-state index is 12.0. The van der Waals surface area contributed by atoms with Gasteiger partial charge in [-0.2, -0.15) is 5.10 Å². The predicted molar refractivity (Wildman–Crippen MR) is 75.2 cm³/mol. The second-order valence-electron chi connectivity index (χ2n) is 4.89. The maximum atomic E-state index is 12.0. The number of amides is 1. The van der Waals surface area contributed by atoms with Crippen LogP contribution in [-0.2, 0) is 11.2 Å². The van der Waals surface area contributed by atoms with Gasteiger partial charge in [0.05, 0.1) is 12.1 Å². The second kappa shape index (κ2) is 5.69. The minimum absolute atomic E-state index is 0.141. The Hall–Kier alpha value is -2.10. The van der Waals surface area contributed by atoms with E-state index in [9.17, 15) is 4.79 Å². The van der Waals surface area contributed by atoms with Crippen LogP contribution in [0, 0.1) is 0 Å². The topological polar surface area (TPSA) is 38.1 Å². The summed E-state index contributed by atoms with van der Waals surface area (Å²) in [5.41, 5.74) is 2.02. The molecule has 0 saturated carbocycles. The van der Waals surface area contributed by atoms with Gasteiger partial charge in [0.2, 0.25) is 5.91 Å². The van der Waals surface area contributed by atoms with Crippen LogP contribution in [-0.4, -0.2) is 33.7 Å². The zero-order chi connectivity index (χ0) is 13.8. The van der Waals surface area contributed by atoms with Gasteiger partial charge in [-0.15, -0.1) is 0 Å². The third kappa shape index (κ3) is 3.22. The van der Waals surface area contributed by atoms with Crippen molar-refractivity contribution in [2.24, 2.45) is 0 Å². The lowest BCUT2D eigenvalue weighted by Crippen LogP contribution is -2.34. The van der Waals surface area contributed by atoms with Gasteiger partial charge in [0.1, 0.15) is 0 Å². The number of hydrogen-bond donors (Lipinski definition) is 0. The highest BCUT2D eigenvalue weighted by atomic mass is 16.2. The molecule has 0 aliphatic carbocycles. The summed E-state index contributed by atoms with van der Waals surface area (Å²) in [5, 5.41) is 4.17. The Balaban J connectivity index is 2.05. The first-order valence-electron chi connectivity index (χ1n) is 6.42. The van der Waals surface area contributed by atoms with E-state index in [1.165, 1.54) is 0 Å². The van der Waals surface area contributed by atoms with Crippen LogP contribution in [0.2, 0.25) is 0 Å². The number of likely N-dealkylation sites (N-methyl/N-ethyl adjacent to an activating group) is 1. The summed E-state index contributed by atoms with van der Waals surface area (Å²) in [6.07, 6.45) is 4.08. The SMILES string of the molecule is CC(C)N(C)C(=O)Cc1ccc(-n2cccn2)cc1. The molecule has 1 amide bonds. The monoisotopic (exact) mass is 257 g/mol. The summed E-state index contributed by atoms with van der Waals surface area (Å²) in [4.78, 5) is 13.7. The van der Waals surface area contributed by atoms with Crippen molar-refractivity contribution in [2.75, 3.05) is 7.05 Å². The van der Waals surface area contributed by atoms with Crippen LogP contribution >= 0.6 is 0 Å². The van der Waals surface area contributed by atoms with Gasteiger partial charge < -0.3 is 4.90 Å². The van der Waals surface area contributed by atoms with E-state index in [-0.39, 0.29) is 11.9 Å². The standard InChI is InChI=1S/C15H19N3O/c1-12(2)17(3)15(19)11-13-5-7-14(8-6-13)18-10-4-9-16-18/h4-10,12H,11H2,1-3H3. The van der Waals surface area contributed by atoms with E-state index in [1.54, 1.807) is 15.8 Å². The first-order chi connectivity index (χ1) is 9.08. The quantitative estimate of drug-likeness (QED) is 0.842. The smallest absolute Gasteiger partial charge is 0.226 e. The molecule has 1 aromatic heterocycles. The number of rotatable bonds is 4. The molecule has 19 heavy (non-hydrogen) atoms. The highest BCUT2D eigenvalue weighted by molar-refractivity contribution is 5.78. The zero-order valence-electron chi connectivity index (χ0n) is 11.6. The molecule has 0 spiro atoms. The van der Waals surface area contributed by atoms with Crippen molar-refractivity contribution in [2.45, 2.75) is 26.3 Å². The van der Waals surface area contributed by atoms with Gasteiger partial charge in [-0.3, -0.25) is 4.79 Å². The molecule has 0 unspecified atom stereocenters. The largest absolute Gasteiger partial charge is 0.343 e. The lowest BCUT2D eigenvalue weighted by atomic mass is 10.1. The van der Waals surface area contributed by atoms with Crippen LogP contribution in [0.25, 0.3) is 5.69 Å². The Morgan fingerprint density at radius 2 is 2.00 bits per heavy atom. The van der Waals surface area contributed by atoms with Crippen molar-refractivity contribution < 1.29 is 4.79 Å². The average Bonchev–Trinajstić information content (AvgIpc) is 2.92. The summed E-state index contributed by atoms with van der Waals surface area (Å²) in [6, 6.07) is 10.0. The lowest BCUT2D eigenvalue weighted by Gasteiger charge is -2.21. The predicted octanol–water partition coefficient (Wildman–Crippen LogP) is 2.28. The van der Waals surface area contributed by atoms with Gasteiger partial charge in [-0.25, -0.2) is 4.68 Å². The molecule has 4 nitrogen and oxygen atoms in total. The van der Waals surface area contributed by atoms with Crippen molar-refractivity contribution in [1.29, 1.82) is 0 Å². The molecule has 0 N–H and O–H groups in total. The molecule has 0 radical (unpaired) electrons. The molecule has 0 fully saturated rings. The molecule has 0 aliphatic heterocycles. The minimum Gasteiger partial charge on any atom is -0.343 e. The molecule has 0 atom stereocenters. The van der Waals surface area contributed by atoms with Crippen molar-refractivity contribution in [3.05, 3.63) is 48.3 Å². The van der Waals surface area contributed by atoms with Crippen molar-refractivity contribution in [3.63, 3.8) is 0 Å². The number of carbonyl (C=O) groups excluding carboxylic acids is 1. The molecule has 0 aliphatic rings. The van der Waals surface area contributed by atoms with E-state index in [1.807, 2.05) is 57.4 Å². The van der Waals surface area contributed by atoms with Crippen LogP contribution in [0.4, 0.5) is 0 Å². The van der Waals surface area contributed by atoms with Crippen LogP contribution in [0.5, 0.6) is 0 Å². The van der Waals surface area contributed by atoms with Gasteiger partial charge in [0.25, 0.3) is 0 Å². The fourth-order valence-electron chi connectivity index (χ4n) is 1.78. The molecule has 4 heteroatoms. The fourth-order valence-corrected chi connectivity index (χ4v) is 1.78. The molecule has 0 bridgehead atoms. The summed E-state index contributed by atoms with van der Waals surface area (Å²) in [7, 11) is 1.84. The third-order valence-corrected chi connectivity index (χ3v) is 3.23. The Morgan fingerprint density at radius 1 is 1.32 bits per heavy atom. The highest BCUT2D eigenvalue weighted by Gasteiger charge is 2.12.